The number of hydrogen-bond acceptors (Lipinski definition) is 2. The summed E-state index contributed by atoms with van der Waals surface area (Å²) in [5.74, 6) is 0.708. The van der Waals surface area contributed by atoms with E-state index in [1.54, 1.807) is 0 Å². The fourth-order valence-corrected chi connectivity index (χ4v) is 7.34. The smallest absolute Gasteiger partial charge is 0.160 e. The van der Waals surface area contributed by atoms with Gasteiger partial charge in [0.05, 0.1) is 22.2 Å². The van der Waals surface area contributed by atoms with E-state index in [1.165, 1.54) is 32.9 Å². The average Bonchev–Trinajstić information content (AvgIpc) is 3.86. The number of benzene rings is 7. The molecule has 7 aromatic carbocycles. The summed E-state index contributed by atoms with van der Waals surface area (Å²) in [6, 6.07) is 64.3. The van der Waals surface area contributed by atoms with Gasteiger partial charge in [-0.15, -0.1) is 0 Å². The van der Waals surface area contributed by atoms with E-state index >= 15 is 0 Å². The van der Waals surface area contributed by atoms with Crippen molar-refractivity contribution in [1.82, 2.24) is 19.1 Å². The molecule has 0 aliphatic carbocycles. The molecule has 0 radical (unpaired) electrons. The Hall–Kier alpha value is -7.04. The van der Waals surface area contributed by atoms with Gasteiger partial charge in [0.2, 0.25) is 0 Å². The number of rotatable bonds is 6. The molecule has 0 amide bonds. The molecule has 0 unspecified atom stereocenters. The van der Waals surface area contributed by atoms with Crippen LogP contribution in [-0.4, -0.2) is 19.1 Å². The fourth-order valence-electron chi connectivity index (χ4n) is 7.34. The summed E-state index contributed by atoms with van der Waals surface area (Å²) < 4.78 is 4.55. The van der Waals surface area contributed by atoms with Gasteiger partial charge in [-0.25, -0.2) is 9.97 Å². The highest BCUT2D eigenvalue weighted by atomic mass is 15.0. The zero-order chi connectivity index (χ0) is 34.4. The summed E-state index contributed by atoms with van der Waals surface area (Å²) in [5.41, 5.74) is 13.1. The maximum atomic E-state index is 5.18. The zero-order valence-electron chi connectivity index (χ0n) is 28.3. The van der Waals surface area contributed by atoms with Crippen molar-refractivity contribution in [3.8, 4) is 56.3 Å². The van der Waals surface area contributed by atoms with Gasteiger partial charge < -0.3 is 9.13 Å². The molecule has 10 rings (SSSR count). The molecule has 0 saturated carbocycles. The first kappa shape index (κ1) is 29.8. The summed E-state index contributed by atoms with van der Waals surface area (Å²) in [4.78, 5) is 10.2. The lowest BCUT2D eigenvalue weighted by Gasteiger charge is -2.15. The first-order valence-corrected chi connectivity index (χ1v) is 17.6. The van der Waals surface area contributed by atoms with Crippen LogP contribution in [0.3, 0.4) is 0 Å². The monoisotopic (exact) mass is 664 g/mol. The standard InChI is InChI=1S/C48H32N4/c1-2-10-33(11-3-1)34-18-22-38(23-19-34)47-43-14-6-7-15-44(43)49-48(50-47)39-24-20-35(21-25-39)40-30-41(51-28-26-36-12-4-8-16-45(36)51)32-42(31-40)52-29-27-37-13-5-9-17-46(37)52/h1-32H. The molecule has 0 aliphatic heterocycles. The lowest BCUT2D eigenvalue weighted by atomic mass is 10.00. The summed E-state index contributed by atoms with van der Waals surface area (Å²) in [5, 5.41) is 3.47. The van der Waals surface area contributed by atoms with Crippen LogP contribution < -0.4 is 0 Å². The molecule has 0 N–H and O–H groups in total. The first-order valence-electron chi connectivity index (χ1n) is 17.6. The Balaban J connectivity index is 1.06. The van der Waals surface area contributed by atoms with E-state index in [0.29, 0.717) is 5.82 Å². The molecule has 0 spiro atoms. The molecule has 0 aliphatic rings. The second-order valence-electron chi connectivity index (χ2n) is 13.2. The van der Waals surface area contributed by atoms with Crippen LogP contribution in [0.4, 0.5) is 0 Å². The summed E-state index contributed by atoms with van der Waals surface area (Å²) in [6.07, 6.45) is 4.32. The number of hydrogen-bond donors (Lipinski definition) is 0. The van der Waals surface area contributed by atoms with Crippen molar-refractivity contribution in [2.45, 2.75) is 0 Å². The third-order valence-electron chi connectivity index (χ3n) is 10.0. The van der Waals surface area contributed by atoms with Crippen LogP contribution in [0.5, 0.6) is 0 Å². The summed E-state index contributed by atoms with van der Waals surface area (Å²) in [7, 11) is 0. The second-order valence-corrected chi connectivity index (χ2v) is 13.2. The van der Waals surface area contributed by atoms with Crippen LogP contribution in [0.2, 0.25) is 0 Å². The van der Waals surface area contributed by atoms with E-state index in [9.17, 15) is 0 Å². The van der Waals surface area contributed by atoms with Crippen molar-refractivity contribution in [3.05, 3.63) is 194 Å². The first-order chi connectivity index (χ1) is 25.7. The fraction of sp³-hybridized carbons (Fsp3) is 0. The number of para-hydroxylation sites is 3. The van der Waals surface area contributed by atoms with Crippen LogP contribution in [0, 0.1) is 0 Å². The number of fused-ring (bicyclic) bond motifs is 3. The van der Waals surface area contributed by atoms with Gasteiger partial charge in [-0.05, 0) is 81.6 Å². The Labute approximate surface area is 301 Å². The Morgan fingerprint density at radius 3 is 1.50 bits per heavy atom. The van der Waals surface area contributed by atoms with E-state index in [4.69, 9.17) is 9.97 Å². The van der Waals surface area contributed by atoms with Gasteiger partial charge in [0.15, 0.2) is 5.82 Å². The Morgan fingerprint density at radius 2 is 0.846 bits per heavy atom. The molecular formula is C48H32N4. The van der Waals surface area contributed by atoms with E-state index in [1.807, 2.05) is 12.1 Å². The molecule has 4 heteroatoms. The van der Waals surface area contributed by atoms with Crippen molar-refractivity contribution in [2.24, 2.45) is 0 Å². The van der Waals surface area contributed by atoms with Crippen molar-refractivity contribution in [3.63, 3.8) is 0 Å². The predicted molar refractivity (Wildman–Crippen MR) is 215 cm³/mol. The minimum Gasteiger partial charge on any atom is -0.316 e. The predicted octanol–water partition coefficient (Wildman–Crippen LogP) is 12.2. The average molecular weight is 665 g/mol. The molecule has 0 atom stereocenters. The Bertz CT molecular complexity index is 2790. The van der Waals surface area contributed by atoms with Gasteiger partial charge in [0.1, 0.15) is 0 Å². The maximum Gasteiger partial charge on any atom is 0.160 e. The van der Waals surface area contributed by atoms with E-state index in [0.717, 1.165) is 50.2 Å². The lowest BCUT2D eigenvalue weighted by Crippen LogP contribution is -1.98. The van der Waals surface area contributed by atoms with E-state index < -0.39 is 0 Å². The molecule has 0 bridgehead atoms. The minimum atomic E-state index is 0.708. The van der Waals surface area contributed by atoms with Crippen LogP contribution in [-0.2, 0) is 0 Å². The second kappa shape index (κ2) is 12.4. The molecule has 52 heavy (non-hydrogen) atoms. The summed E-state index contributed by atoms with van der Waals surface area (Å²) >= 11 is 0. The SMILES string of the molecule is c1ccc(-c2ccc(-c3nc(-c4ccc(-c5cc(-n6ccc7ccccc76)cc(-n6ccc7ccccc76)c5)cc4)nc4ccccc34)cc2)cc1. The van der Waals surface area contributed by atoms with Crippen molar-refractivity contribution in [1.29, 1.82) is 0 Å². The maximum absolute atomic E-state index is 5.18. The van der Waals surface area contributed by atoms with Gasteiger partial charge in [0, 0.05) is 40.3 Å². The zero-order valence-corrected chi connectivity index (χ0v) is 28.3. The third-order valence-corrected chi connectivity index (χ3v) is 10.0. The quantitative estimate of drug-likeness (QED) is 0.177. The van der Waals surface area contributed by atoms with E-state index in [-0.39, 0.29) is 0 Å². The van der Waals surface area contributed by atoms with Gasteiger partial charge in [-0.1, -0.05) is 133 Å². The topological polar surface area (TPSA) is 35.6 Å². The van der Waals surface area contributed by atoms with Crippen molar-refractivity contribution < 1.29 is 0 Å². The molecule has 244 valence electrons. The molecule has 0 saturated heterocycles. The van der Waals surface area contributed by atoms with Crippen LogP contribution >= 0.6 is 0 Å². The summed E-state index contributed by atoms with van der Waals surface area (Å²) in [6.45, 7) is 0. The van der Waals surface area contributed by atoms with Crippen LogP contribution in [0.1, 0.15) is 0 Å². The third kappa shape index (κ3) is 5.26. The van der Waals surface area contributed by atoms with Crippen molar-refractivity contribution >= 4 is 32.7 Å². The van der Waals surface area contributed by atoms with Gasteiger partial charge in [-0.3, -0.25) is 0 Å². The molecule has 10 aromatic rings. The molecule has 0 fully saturated rings. The normalized spacial score (nSPS) is 11.5. The Morgan fingerprint density at radius 1 is 0.346 bits per heavy atom. The lowest BCUT2D eigenvalue weighted by molar-refractivity contribution is 1.09. The largest absolute Gasteiger partial charge is 0.316 e. The van der Waals surface area contributed by atoms with Gasteiger partial charge in [-0.2, -0.15) is 0 Å². The Kier molecular flexibility index (Phi) is 7.10. The molecule has 4 nitrogen and oxygen atoms in total. The number of nitrogens with zero attached hydrogens (tertiary/aromatic N) is 4. The minimum absolute atomic E-state index is 0.708. The van der Waals surface area contributed by atoms with Crippen LogP contribution in [0.25, 0.3) is 89.0 Å². The van der Waals surface area contributed by atoms with Gasteiger partial charge in [0.25, 0.3) is 0 Å². The molecule has 3 heterocycles. The molecule has 3 aromatic heterocycles. The molecular weight excluding hydrogens is 633 g/mol. The highest BCUT2D eigenvalue weighted by molar-refractivity contribution is 5.94. The highest BCUT2D eigenvalue weighted by Crippen LogP contribution is 2.34. The number of aromatic nitrogens is 4. The van der Waals surface area contributed by atoms with E-state index in [2.05, 4.69) is 191 Å². The van der Waals surface area contributed by atoms with Crippen molar-refractivity contribution in [2.75, 3.05) is 0 Å². The van der Waals surface area contributed by atoms with Crippen LogP contribution in [0.15, 0.2) is 194 Å². The van der Waals surface area contributed by atoms with Gasteiger partial charge >= 0.3 is 0 Å². The highest BCUT2D eigenvalue weighted by Gasteiger charge is 2.14.